The third-order valence-corrected chi connectivity index (χ3v) is 2.89. The van der Waals surface area contributed by atoms with Crippen molar-refractivity contribution in [2.75, 3.05) is 20.7 Å². The van der Waals surface area contributed by atoms with Crippen molar-refractivity contribution in [3.05, 3.63) is 29.6 Å². The molecule has 20 heavy (non-hydrogen) atoms. The third-order valence-electron chi connectivity index (χ3n) is 2.89. The number of hydrogen-bond acceptors (Lipinski definition) is 3. The van der Waals surface area contributed by atoms with Crippen molar-refractivity contribution >= 4 is 6.03 Å². The van der Waals surface area contributed by atoms with Crippen molar-refractivity contribution in [2.45, 2.75) is 26.0 Å². The second-order valence-electron chi connectivity index (χ2n) is 4.76. The molecular formula is C14H21FN2O3. The lowest BCUT2D eigenvalue weighted by Gasteiger charge is -2.23. The number of likely N-dealkylation sites (N-methyl/N-ethyl adjacent to an activating group) is 1. The first-order valence-electron chi connectivity index (χ1n) is 6.39. The maximum absolute atomic E-state index is 13.9. The number of aliphatic hydroxyl groups is 1. The Bertz CT molecular complexity index is 466. The van der Waals surface area contributed by atoms with E-state index >= 15 is 0 Å². The second-order valence-corrected chi connectivity index (χ2v) is 4.76. The first-order valence-corrected chi connectivity index (χ1v) is 6.39. The predicted octanol–water partition coefficient (Wildman–Crippen LogP) is 1.92. The summed E-state index contributed by atoms with van der Waals surface area (Å²) in [6.07, 6.45) is -0.621. The van der Waals surface area contributed by atoms with Crippen LogP contribution in [-0.4, -0.2) is 42.8 Å². The standard InChI is InChI=1S/C14H21FN2O3/c1-9(18)8-17(3)14(19)16-10(2)13-11(15)6-5-7-12(13)20-4/h5-7,9-10,18H,8H2,1-4H3,(H,16,19). The van der Waals surface area contributed by atoms with Gasteiger partial charge in [-0.2, -0.15) is 0 Å². The molecule has 0 aliphatic heterocycles. The molecule has 0 radical (unpaired) electrons. The van der Waals surface area contributed by atoms with E-state index in [2.05, 4.69) is 5.32 Å². The molecule has 6 heteroatoms. The van der Waals surface area contributed by atoms with Gasteiger partial charge in [-0.1, -0.05) is 6.07 Å². The number of ether oxygens (including phenoxy) is 1. The molecule has 2 amide bonds. The van der Waals surface area contributed by atoms with Gasteiger partial charge in [-0.25, -0.2) is 9.18 Å². The van der Waals surface area contributed by atoms with E-state index in [0.717, 1.165) is 0 Å². The number of aliphatic hydroxyl groups excluding tert-OH is 1. The zero-order valence-electron chi connectivity index (χ0n) is 12.2. The summed E-state index contributed by atoms with van der Waals surface area (Å²) in [4.78, 5) is 13.3. The van der Waals surface area contributed by atoms with E-state index < -0.39 is 18.0 Å². The van der Waals surface area contributed by atoms with Crippen LogP contribution >= 0.6 is 0 Å². The molecule has 0 spiro atoms. The molecule has 0 saturated heterocycles. The molecule has 2 N–H and O–H groups in total. The van der Waals surface area contributed by atoms with Gasteiger partial charge >= 0.3 is 6.03 Å². The van der Waals surface area contributed by atoms with Crippen LogP contribution in [0.4, 0.5) is 9.18 Å². The van der Waals surface area contributed by atoms with Crippen LogP contribution < -0.4 is 10.1 Å². The van der Waals surface area contributed by atoms with Gasteiger partial charge in [-0.3, -0.25) is 0 Å². The summed E-state index contributed by atoms with van der Waals surface area (Å²) < 4.78 is 19.0. The van der Waals surface area contributed by atoms with Gasteiger partial charge in [0.1, 0.15) is 11.6 Å². The third kappa shape index (κ3) is 4.09. The molecule has 0 heterocycles. The summed E-state index contributed by atoms with van der Waals surface area (Å²) in [5.41, 5.74) is 0.300. The largest absolute Gasteiger partial charge is 0.496 e. The Hall–Kier alpha value is -1.82. The highest BCUT2D eigenvalue weighted by molar-refractivity contribution is 5.74. The highest BCUT2D eigenvalue weighted by atomic mass is 19.1. The number of methoxy groups -OCH3 is 1. The molecule has 112 valence electrons. The normalized spacial score (nSPS) is 13.5. The molecule has 0 fully saturated rings. The summed E-state index contributed by atoms with van der Waals surface area (Å²) in [6.45, 7) is 3.47. The number of carbonyl (C=O) groups is 1. The Labute approximate surface area is 118 Å². The lowest BCUT2D eigenvalue weighted by atomic mass is 10.1. The Morgan fingerprint density at radius 1 is 1.50 bits per heavy atom. The maximum atomic E-state index is 13.9. The highest BCUT2D eigenvalue weighted by Crippen LogP contribution is 2.27. The number of benzene rings is 1. The Morgan fingerprint density at radius 3 is 2.70 bits per heavy atom. The first-order chi connectivity index (χ1) is 9.36. The molecule has 2 unspecified atom stereocenters. The van der Waals surface area contributed by atoms with Crippen LogP contribution in [0.5, 0.6) is 5.75 Å². The summed E-state index contributed by atoms with van der Waals surface area (Å²) in [6, 6.07) is 3.57. The molecule has 1 rings (SSSR count). The van der Waals surface area contributed by atoms with Crippen LogP contribution in [0.2, 0.25) is 0 Å². The zero-order valence-corrected chi connectivity index (χ0v) is 12.2. The molecule has 2 atom stereocenters. The monoisotopic (exact) mass is 284 g/mol. The fraction of sp³-hybridized carbons (Fsp3) is 0.500. The van der Waals surface area contributed by atoms with Gasteiger partial charge in [-0.05, 0) is 26.0 Å². The van der Waals surface area contributed by atoms with Gasteiger partial charge in [0.25, 0.3) is 0 Å². The Kier molecular flexibility index (Phi) is 5.76. The van der Waals surface area contributed by atoms with Crippen LogP contribution in [0, 0.1) is 5.82 Å². The molecular weight excluding hydrogens is 263 g/mol. The molecule has 1 aromatic carbocycles. The van der Waals surface area contributed by atoms with Crippen molar-refractivity contribution < 1.29 is 19.0 Å². The fourth-order valence-electron chi connectivity index (χ4n) is 1.96. The number of nitrogens with one attached hydrogen (secondary N) is 1. The van der Waals surface area contributed by atoms with E-state index in [1.807, 2.05) is 0 Å². The highest BCUT2D eigenvalue weighted by Gasteiger charge is 2.20. The lowest BCUT2D eigenvalue weighted by molar-refractivity contribution is 0.142. The maximum Gasteiger partial charge on any atom is 0.317 e. The minimum atomic E-state index is -0.621. The summed E-state index contributed by atoms with van der Waals surface area (Å²) in [5, 5.41) is 11.9. The summed E-state index contributed by atoms with van der Waals surface area (Å²) in [7, 11) is 3.01. The van der Waals surface area contributed by atoms with Crippen molar-refractivity contribution in [1.29, 1.82) is 0 Å². The van der Waals surface area contributed by atoms with E-state index in [4.69, 9.17) is 4.74 Å². The molecule has 0 saturated carbocycles. The Balaban J connectivity index is 2.81. The van der Waals surface area contributed by atoms with E-state index in [0.29, 0.717) is 11.3 Å². The van der Waals surface area contributed by atoms with Gasteiger partial charge in [0, 0.05) is 13.6 Å². The number of nitrogens with zero attached hydrogens (tertiary/aromatic N) is 1. The molecule has 0 aliphatic carbocycles. The molecule has 5 nitrogen and oxygen atoms in total. The van der Waals surface area contributed by atoms with Gasteiger partial charge in [0.2, 0.25) is 0 Å². The minimum Gasteiger partial charge on any atom is -0.496 e. The number of urea groups is 1. The molecule has 1 aromatic rings. The average Bonchev–Trinajstić information content (AvgIpc) is 2.37. The average molecular weight is 284 g/mol. The van der Waals surface area contributed by atoms with Crippen LogP contribution in [-0.2, 0) is 0 Å². The zero-order chi connectivity index (χ0) is 15.3. The summed E-state index contributed by atoms with van der Waals surface area (Å²) >= 11 is 0. The minimum absolute atomic E-state index is 0.201. The van der Waals surface area contributed by atoms with Crippen molar-refractivity contribution in [3.8, 4) is 5.75 Å². The number of halogens is 1. The van der Waals surface area contributed by atoms with Crippen molar-refractivity contribution in [2.24, 2.45) is 0 Å². The second kappa shape index (κ2) is 7.09. The van der Waals surface area contributed by atoms with Crippen LogP contribution in [0.25, 0.3) is 0 Å². The number of carbonyl (C=O) groups excluding carboxylic acids is 1. The predicted molar refractivity (Wildman–Crippen MR) is 74.2 cm³/mol. The van der Waals surface area contributed by atoms with Gasteiger partial charge in [-0.15, -0.1) is 0 Å². The SMILES string of the molecule is COc1cccc(F)c1C(C)NC(=O)N(C)CC(C)O. The molecule has 0 bridgehead atoms. The van der Waals surface area contributed by atoms with E-state index in [9.17, 15) is 14.3 Å². The van der Waals surface area contributed by atoms with Gasteiger partial charge in [0.05, 0.1) is 24.8 Å². The van der Waals surface area contributed by atoms with Gasteiger partial charge in [0.15, 0.2) is 0 Å². The van der Waals surface area contributed by atoms with Crippen molar-refractivity contribution in [3.63, 3.8) is 0 Å². The smallest absolute Gasteiger partial charge is 0.317 e. The number of rotatable bonds is 5. The molecule has 0 aliphatic rings. The quantitative estimate of drug-likeness (QED) is 0.868. The van der Waals surface area contributed by atoms with Crippen molar-refractivity contribution in [1.82, 2.24) is 10.2 Å². The summed E-state index contributed by atoms with van der Waals surface area (Å²) in [5.74, 6) is -0.0497. The van der Waals surface area contributed by atoms with E-state index in [-0.39, 0.29) is 12.6 Å². The first kappa shape index (κ1) is 16.2. The van der Waals surface area contributed by atoms with E-state index in [1.54, 1.807) is 33.0 Å². The van der Waals surface area contributed by atoms with Crippen LogP contribution in [0.1, 0.15) is 25.5 Å². The lowest BCUT2D eigenvalue weighted by Crippen LogP contribution is -2.41. The van der Waals surface area contributed by atoms with Gasteiger partial charge < -0.3 is 20.1 Å². The number of hydrogen-bond donors (Lipinski definition) is 2. The Morgan fingerprint density at radius 2 is 2.15 bits per heavy atom. The van der Waals surface area contributed by atoms with Crippen LogP contribution in [0.3, 0.4) is 0 Å². The van der Waals surface area contributed by atoms with E-state index in [1.165, 1.54) is 18.1 Å². The number of amides is 2. The topological polar surface area (TPSA) is 61.8 Å². The fourth-order valence-corrected chi connectivity index (χ4v) is 1.96. The van der Waals surface area contributed by atoms with Crippen LogP contribution in [0.15, 0.2) is 18.2 Å². The molecule has 0 aromatic heterocycles.